The fourth-order valence-corrected chi connectivity index (χ4v) is 3.44. The van der Waals surface area contributed by atoms with Crippen LogP contribution in [-0.4, -0.2) is 29.6 Å². The Balaban J connectivity index is 1.56. The summed E-state index contributed by atoms with van der Waals surface area (Å²) in [5.74, 6) is 0.981. The Morgan fingerprint density at radius 1 is 1.15 bits per heavy atom. The molecular formula is C21H20N2O3. The molecule has 4 rings (SSSR count). The maximum atomic E-state index is 13.0. The van der Waals surface area contributed by atoms with Gasteiger partial charge in [0.15, 0.2) is 0 Å². The van der Waals surface area contributed by atoms with Crippen LogP contribution in [0.1, 0.15) is 35.0 Å². The fourth-order valence-electron chi connectivity index (χ4n) is 3.44. The number of aromatic nitrogens is 1. The second-order valence-electron chi connectivity index (χ2n) is 6.37. The molecule has 0 bridgehead atoms. The number of ether oxygens (including phenoxy) is 1. The van der Waals surface area contributed by atoms with Crippen LogP contribution in [0.25, 0.3) is 11.3 Å². The average Bonchev–Trinajstić information content (AvgIpc) is 3.38. The number of nitrogens with zero attached hydrogens (tertiary/aromatic N) is 2. The number of rotatable bonds is 4. The molecule has 1 amide bonds. The summed E-state index contributed by atoms with van der Waals surface area (Å²) in [5.41, 5.74) is 2.72. The molecule has 0 radical (unpaired) electrons. The Labute approximate surface area is 152 Å². The minimum atomic E-state index is -0.113. The van der Waals surface area contributed by atoms with E-state index in [1.807, 2.05) is 59.5 Å². The molecule has 2 aromatic carbocycles. The van der Waals surface area contributed by atoms with Gasteiger partial charge in [0.1, 0.15) is 11.4 Å². The molecule has 5 heteroatoms. The van der Waals surface area contributed by atoms with E-state index in [0.29, 0.717) is 5.69 Å². The summed E-state index contributed by atoms with van der Waals surface area (Å²) in [4.78, 5) is 14.8. The molecule has 0 aliphatic carbocycles. The lowest BCUT2D eigenvalue weighted by Gasteiger charge is -2.24. The third-order valence-corrected chi connectivity index (χ3v) is 4.80. The highest BCUT2D eigenvalue weighted by Crippen LogP contribution is 2.34. The van der Waals surface area contributed by atoms with Crippen molar-refractivity contribution in [3.8, 4) is 17.0 Å². The van der Waals surface area contributed by atoms with Crippen LogP contribution in [0.5, 0.6) is 5.75 Å². The first-order valence-electron chi connectivity index (χ1n) is 8.73. The Morgan fingerprint density at radius 3 is 2.65 bits per heavy atom. The Morgan fingerprint density at radius 2 is 1.92 bits per heavy atom. The molecule has 132 valence electrons. The van der Waals surface area contributed by atoms with Crippen molar-refractivity contribution in [3.63, 3.8) is 0 Å². The topological polar surface area (TPSA) is 55.6 Å². The quantitative estimate of drug-likeness (QED) is 0.704. The van der Waals surface area contributed by atoms with Crippen molar-refractivity contribution in [3.05, 3.63) is 72.0 Å². The van der Waals surface area contributed by atoms with E-state index in [-0.39, 0.29) is 17.7 Å². The summed E-state index contributed by atoms with van der Waals surface area (Å²) in [6, 6.07) is 19.4. The predicted octanol–water partition coefficient (Wildman–Crippen LogP) is 4.33. The number of amides is 1. The molecular weight excluding hydrogens is 328 g/mol. The number of hydrogen-bond donors (Lipinski definition) is 0. The third-order valence-electron chi connectivity index (χ3n) is 4.80. The van der Waals surface area contributed by atoms with Crippen molar-refractivity contribution in [2.45, 2.75) is 18.9 Å². The summed E-state index contributed by atoms with van der Waals surface area (Å²) in [6.45, 7) is 0.719. The van der Waals surface area contributed by atoms with Crippen LogP contribution in [-0.2, 0) is 0 Å². The lowest BCUT2D eigenvalue weighted by Crippen LogP contribution is -2.30. The van der Waals surface area contributed by atoms with E-state index in [4.69, 9.17) is 9.26 Å². The van der Waals surface area contributed by atoms with E-state index in [0.717, 1.165) is 36.3 Å². The number of hydrogen-bond acceptors (Lipinski definition) is 4. The zero-order valence-corrected chi connectivity index (χ0v) is 14.6. The van der Waals surface area contributed by atoms with Crippen LogP contribution < -0.4 is 4.74 Å². The third kappa shape index (κ3) is 3.08. The second-order valence-corrected chi connectivity index (χ2v) is 6.37. The Hall–Kier alpha value is -3.08. The highest BCUT2D eigenvalue weighted by atomic mass is 16.5. The van der Waals surface area contributed by atoms with Crippen LogP contribution >= 0.6 is 0 Å². The zero-order valence-electron chi connectivity index (χ0n) is 14.6. The van der Waals surface area contributed by atoms with Gasteiger partial charge in [0.05, 0.1) is 13.2 Å². The van der Waals surface area contributed by atoms with Crippen molar-refractivity contribution in [1.82, 2.24) is 10.1 Å². The van der Waals surface area contributed by atoms with Crippen molar-refractivity contribution >= 4 is 5.91 Å². The number of likely N-dealkylation sites (tertiary alicyclic amines) is 1. The number of methoxy groups -OCH3 is 1. The van der Waals surface area contributed by atoms with E-state index < -0.39 is 0 Å². The summed E-state index contributed by atoms with van der Waals surface area (Å²) in [7, 11) is 1.65. The molecule has 0 N–H and O–H groups in total. The summed E-state index contributed by atoms with van der Waals surface area (Å²) in [5, 5.41) is 4.06. The maximum absolute atomic E-state index is 13.0. The van der Waals surface area contributed by atoms with Crippen LogP contribution in [0, 0.1) is 0 Å². The van der Waals surface area contributed by atoms with E-state index in [2.05, 4.69) is 5.16 Å². The molecule has 1 unspecified atom stereocenters. The molecule has 1 saturated heterocycles. The van der Waals surface area contributed by atoms with Gasteiger partial charge in [-0.2, -0.15) is 0 Å². The van der Waals surface area contributed by atoms with Crippen LogP contribution in [0.4, 0.5) is 0 Å². The molecule has 0 saturated carbocycles. The first kappa shape index (κ1) is 16.4. The lowest BCUT2D eigenvalue weighted by atomic mass is 10.0. The molecule has 1 aliphatic rings. The van der Waals surface area contributed by atoms with Gasteiger partial charge in [0, 0.05) is 18.2 Å². The van der Waals surface area contributed by atoms with Crippen LogP contribution in [0.2, 0.25) is 0 Å². The van der Waals surface area contributed by atoms with Crippen LogP contribution in [0.15, 0.2) is 65.2 Å². The molecule has 3 aromatic rings. The number of carbonyl (C=O) groups is 1. The van der Waals surface area contributed by atoms with Gasteiger partial charge in [0.2, 0.25) is 5.76 Å². The molecule has 26 heavy (non-hydrogen) atoms. The first-order valence-corrected chi connectivity index (χ1v) is 8.73. The minimum Gasteiger partial charge on any atom is -0.497 e. The first-order chi connectivity index (χ1) is 12.8. The molecule has 1 fully saturated rings. The van der Waals surface area contributed by atoms with Gasteiger partial charge in [0.25, 0.3) is 5.91 Å². The summed E-state index contributed by atoms with van der Waals surface area (Å²) < 4.78 is 10.6. The van der Waals surface area contributed by atoms with E-state index in [1.165, 1.54) is 0 Å². The van der Waals surface area contributed by atoms with Gasteiger partial charge in [-0.25, -0.2) is 0 Å². The Bertz CT molecular complexity index is 887. The van der Waals surface area contributed by atoms with Crippen LogP contribution in [0.3, 0.4) is 0 Å². The van der Waals surface area contributed by atoms with Gasteiger partial charge in [-0.15, -0.1) is 0 Å². The smallest absolute Gasteiger partial charge is 0.292 e. The minimum absolute atomic E-state index is 0.0543. The van der Waals surface area contributed by atoms with Gasteiger partial charge < -0.3 is 14.2 Å². The standard InChI is InChI=1S/C21H20N2O3/c1-25-17-11-9-16(10-12-17)19-8-5-13-23(19)21(24)20-14-18(22-26-20)15-6-3-2-4-7-15/h2-4,6-7,9-12,14,19H,5,8,13H2,1H3. The second kappa shape index (κ2) is 7.04. The van der Waals surface area contributed by atoms with Crippen molar-refractivity contribution < 1.29 is 14.1 Å². The molecule has 0 spiro atoms. The number of carbonyl (C=O) groups excluding carboxylic acids is 1. The van der Waals surface area contributed by atoms with E-state index in [1.54, 1.807) is 13.2 Å². The fraction of sp³-hybridized carbons (Fsp3) is 0.238. The molecule has 1 aliphatic heterocycles. The molecule has 2 heterocycles. The largest absolute Gasteiger partial charge is 0.497 e. The predicted molar refractivity (Wildman–Crippen MR) is 97.9 cm³/mol. The van der Waals surface area contributed by atoms with Crippen molar-refractivity contribution in [2.75, 3.05) is 13.7 Å². The Kier molecular flexibility index (Phi) is 4.44. The average molecular weight is 348 g/mol. The summed E-state index contributed by atoms with van der Waals surface area (Å²) in [6.07, 6.45) is 1.92. The zero-order chi connectivity index (χ0) is 17.9. The number of benzene rings is 2. The monoisotopic (exact) mass is 348 g/mol. The highest BCUT2D eigenvalue weighted by molar-refractivity contribution is 5.93. The molecule has 5 nitrogen and oxygen atoms in total. The van der Waals surface area contributed by atoms with Gasteiger partial charge in [-0.05, 0) is 30.5 Å². The van der Waals surface area contributed by atoms with Crippen molar-refractivity contribution in [1.29, 1.82) is 0 Å². The van der Waals surface area contributed by atoms with Crippen molar-refractivity contribution in [2.24, 2.45) is 0 Å². The van der Waals surface area contributed by atoms with Gasteiger partial charge >= 0.3 is 0 Å². The maximum Gasteiger partial charge on any atom is 0.292 e. The SMILES string of the molecule is COc1ccc(C2CCCN2C(=O)c2cc(-c3ccccc3)no2)cc1. The van der Waals surface area contributed by atoms with E-state index >= 15 is 0 Å². The normalized spacial score (nSPS) is 16.7. The molecule has 1 aromatic heterocycles. The molecule has 1 atom stereocenters. The highest BCUT2D eigenvalue weighted by Gasteiger charge is 2.32. The van der Waals surface area contributed by atoms with Gasteiger partial charge in [-0.3, -0.25) is 4.79 Å². The van der Waals surface area contributed by atoms with E-state index in [9.17, 15) is 4.79 Å². The van der Waals surface area contributed by atoms with Gasteiger partial charge in [-0.1, -0.05) is 47.6 Å². The lowest BCUT2D eigenvalue weighted by molar-refractivity contribution is 0.0693. The summed E-state index contributed by atoms with van der Waals surface area (Å²) >= 11 is 0.